The molecule has 0 aliphatic carbocycles. The zero-order chi connectivity index (χ0) is 13.8. The Morgan fingerprint density at radius 2 is 1.89 bits per heavy atom. The van der Waals surface area contributed by atoms with Crippen LogP contribution in [0.3, 0.4) is 0 Å². The third-order valence-corrected chi connectivity index (χ3v) is 2.39. The first-order chi connectivity index (χ1) is 8.40. The lowest BCUT2D eigenvalue weighted by Gasteiger charge is -2.14. The van der Waals surface area contributed by atoms with Gasteiger partial charge in [0.05, 0.1) is 19.3 Å². The molecule has 1 rings (SSSR count). The van der Waals surface area contributed by atoms with Crippen molar-refractivity contribution in [1.82, 2.24) is 0 Å². The van der Waals surface area contributed by atoms with E-state index < -0.39 is 23.6 Å². The van der Waals surface area contributed by atoms with Crippen LogP contribution in [0, 0.1) is 0 Å². The van der Waals surface area contributed by atoms with Crippen molar-refractivity contribution in [3.05, 3.63) is 35.4 Å². The number of benzene rings is 1. The summed E-state index contributed by atoms with van der Waals surface area (Å²) in [7, 11) is 1.18. The first-order valence-electron chi connectivity index (χ1n) is 4.96. The third-order valence-electron chi connectivity index (χ3n) is 2.39. The van der Waals surface area contributed by atoms with E-state index in [4.69, 9.17) is 5.90 Å². The lowest BCUT2D eigenvalue weighted by atomic mass is 9.99. The van der Waals surface area contributed by atoms with Gasteiger partial charge in [-0.1, -0.05) is 12.1 Å². The first kappa shape index (κ1) is 14.5. The summed E-state index contributed by atoms with van der Waals surface area (Å²) in [4.78, 5) is 15.8. The Morgan fingerprint density at radius 3 is 2.28 bits per heavy atom. The molecule has 2 N–H and O–H groups in total. The van der Waals surface area contributed by atoms with E-state index in [0.29, 0.717) is 5.56 Å². The van der Waals surface area contributed by atoms with Crippen LogP contribution < -0.4 is 5.90 Å². The largest absolute Gasteiger partial charge is 0.468 e. The van der Waals surface area contributed by atoms with Crippen molar-refractivity contribution in [2.75, 3.05) is 13.7 Å². The van der Waals surface area contributed by atoms with E-state index in [9.17, 15) is 18.0 Å². The van der Waals surface area contributed by atoms with Crippen molar-refractivity contribution in [2.45, 2.75) is 12.1 Å². The summed E-state index contributed by atoms with van der Waals surface area (Å²) >= 11 is 0. The highest BCUT2D eigenvalue weighted by molar-refractivity contribution is 5.78. The van der Waals surface area contributed by atoms with Crippen LogP contribution in [0.2, 0.25) is 0 Å². The molecule has 0 radical (unpaired) electrons. The molecule has 0 amide bonds. The van der Waals surface area contributed by atoms with Gasteiger partial charge in [-0.25, -0.2) is 5.90 Å². The van der Waals surface area contributed by atoms with Crippen molar-refractivity contribution in [3.63, 3.8) is 0 Å². The Labute approximate surface area is 101 Å². The summed E-state index contributed by atoms with van der Waals surface area (Å²) in [6, 6.07) is 4.18. The average Bonchev–Trinajstić information content (AvgIpc) is 2.34. The molecule has 0 saturated carbocycles. The molecule has 4 nitrogen and oxygen atoms in total. The highest BCUT2D eigenvalue weighted by atomic mass is 19.4. The number of hydrogen-bond donors (Lipinski definition) is 1. The van der Waals surface area contributed by atoms with Gasteiger partial charge < -0.3 is 9.57 Å². The van der Waals surface area contributed by atoms with Gasteiger partial charge in [0.2, 0.25) is 0 Å². The summed E-state index contributed by atoms with van der Waals surface area (Å²) in [6.45, 7) is -0.169. The summed E-state index contributed by atoms with van der Waals surface area (Å²) in [6.07, 6.45) is -4.41. The molecule has 0 aromatic heterocycles. The topological polar surface area (TPSA) is 61.5 Å². The molecule has 100 valence electrons. The van der Waals surface area contributed by atoms with Crippen molar-refractivity contribution in [3.8, 4) is 0 Å². The van der Waals surface area contributed by atoms with Crippen LogP contribution in [-0.4, -0.2) is 19.7 Å². The number of hydrogen-bond acceptors (Lipinski definition) is 4. The van der Waals surface area contributed by atoms with Crippen LogP contribution in [-0.2, 0) is 20.5 Å². The maximum absolute atomic E-state index is 12.4. The molecule has 18 heavy (non-hydrogen) atoms. The van der Waals surface area contributed by atoms with E-state index in [1.54, 1.807) is 0 Å². The maximum atomic E-state index is 12.4. The van der Waals surface area contributed by atoms with Crippen molar-refractivity contribution in [2.24, 2.45) is 5.90 Å². The minimum atomic E-state index is -4.41. The second kappa shape index (κ2) is 5.83. The number of halogens is 3. The summed E-state index contributed by atoms with van der Waals surface area (Å²) in [5.41, 5.74) is -0.441. The summed E-state index contributed by atoms with van der Waals surface area (Å²) < 4.78 is 41.6. The molecule has 0 fully saturated rings. The third kappa shape index (κ3) is 3.44. The zero-order valence-corrected chi connectivity index (χ0v) is 9.53. The number of rotatable bonds is 4. The number of methoxy groups -OCH3 is 1. The average molecular weight is 263 g/mol. The Bertz CT molecular complexity index is 403. The molecule has 0 aliphatic heterocycles. The van der Waals surface area contributed by atoms with Gasteiger partial charge in [0.1, 0.15) is 5.92 Å². The molecule has 0 bridgehead atoms. The number of nitrogens with two attached hydrogens (primary N) is 1. The van der Waals surface area contributed by atoms with Crippen LogP contribution in [0.25, 0.3) is 0 Å². The monoisotopic (exact) mass is 263 g/mol. The van der Waals surface area contributed by atoms with Gasteiger partial charge in [-0.3, -0.25) is 4.79 Å². The second-order valence-corrected chi connectivity index (χ2v) is 3.53. The number of esters is 1. The normalized spacial score (nSPS) is 13.2. The minimum absolute atomic E-state index is 0.169. The van der Waals surface area contributed by atoms with Crippen LogP contribution in [0.4, 0.5) is 13.2 Å². The molecule has 0 spiro atoms. The molecule has 0 heterocycles. The Morgan fingerprint density at radius 1 is 1.33 bits per heavy atom. The van der Waals surface area contributed by atoms with Crippen LogP contribution in [0.5, 0.6) is 0 Å². The van der Waals surface area contributed by atoms with Gasteiger partial charge in [-0.15, -0.1) is 0 Å². The fourth-order valence-corrected chi connectivity index (χ4v) is 1.44. The van der Waals surface area contributed by atoms with Crippen molar-refractivity contribution in [1.29, 1.82) is 0 Å². The molecule has 7 heteroatoms. The van der Waals surface area contributed by atoms with Crippen molar-refractivity contribution >= 4 is 5.97 Å². The maximum Gasteiger partial charge on any atom is 0.416 e. The smallest absolute Gasteiger partial charge is 0.416 e. The molecule has 1 unspecified atom stereocenters. The van der Waals surface area contributed by atoms with Gasteiger partial charge >= 0.3 is 12.1 Å². The number of alkyl halides is 3. The number of carbonyl (C=O) groups excluding carboxylic acids is 1. The fraction of sp³-hybridized carbons (Fsp3) is 0.364. The van der Waals surface area contributed by atoms with Gasteiger partial charge in [-0.2, -0.15) is 13.2 Å². The molecule has 1 aromatic rings. The summed E-state index contributed by atoms with van der Waals surface area (Å²) in [5, 5.41) is 0. The van der Waals surface area contributed by atoms with E-state index in [1.165, 1.54) is 19.2 Å². The second-order valence-electron chi connectivity index (χ2n) is 3.53. The summed E-state index contributed by atoms with van der Waals surface area (Å²) in [5.74, 6) is 3.40. The van der Waals surface area contributed by atoms with E-state index in [0.717, 1.165) is 12.1 Å². The first-order valence-corrected chi connectivity index (χ1v) is 4.96. The van der Waals surface area contributed by atoms with Crippen molar-refractivity contribution < 1.29 is 27.5 Å². The number of carbonyl (C=O) groups is 1. The molecule has 0 aliphatic rings. The molecule has 1 atom stereocenters. The lowest BCUT2D eigenvalue weighted by molar-refractivity contribution is -0.144. The number of ether oxygens (including phenoxy) is 1. The van der Waals surface area contributed by atoms with Gasteiger partial charge in [-0.05, 0) is 17.7 Å². The van der Waals surface area contributed by atoms with E-state index in [-0.39, 0.29) is 6.61 Å². The highest BCUT2D eigenvalue weighted by Gasteiger charge is 2.31. The molecule has 1 aromatic carbocycles. The molecular formula is C11H12F3NO3. The zero-order valence-electron chi connectivity index (χ0n) is 9.53. The van der Waals surface area contributed by atoms with Crippen LogP contribution in [0.1, 0.15) is 17.0 Å². The Hall–Kier alpha value is -1.60. The fourth-order valence-electron chi connectivity index (χ4n) is 1.44. The van der Waals surface area contributed by atoms with E-state index >= 15 is 0 Å². The van der Waals surface area contributed by atoms with Crippen LogP contribution >= 0.6 is 0 Å². The quantitative estimate of drug-likeness (QED) is 0.665. The van der Waals surface area contributed by atoms with Gasteiger partial charge in [0.25, 0.3) is 0 Å². The molecular weight excluding hydrogens is 251 g/mol. The predicted octanol–water partition coefficient (Wildman–Crippen LogP) is 1.85. The lowest BCUT2D eigenvalue weighted by Crippen LogP contribution is -2.21. The Balaban J connectivity index is 2.97. The minimum Gasteiger partial charge on any atom is -0.468 e. The van der Waals surface area contributed by atoms with Gasteiger partial charge in [0, 0.05) is 0 Å². The van der Waals surface area contributed by atoms with Crippen LogP contribution in [0.15, 0.2) is 24.3 Å². The van der Waals surface area contributed by atoms with E-state index in [1.807, 2.05) is 0 Å². The Kier molecular flexibility index (Phi) is 4.69. The van der Waals surface area contributed by atoms with E-state index in [2.05, 4.69) is 9.57 Å². The predicted molar refractivity (Wildman–Crippen MR) is 56.3 cm³/mol. The molecule has 0 saturated heterocycles. The highest BCUT2D eigenvalue weighted by Crippen LogP contribution is 2.30. The standard InChI is InChI=1S/C11H12F3NO3/c1-17-10(16)9(6-18-15)7-2-4-8(5-3-7)11(12,13)14/h2-5,9H,6,15H2,1H3. The SMILES string of the molecule is COC(=O)C(CON)c1ccc(C(F)(F)F)cc1. The van der Waals surface area contributed by atoms with Gasteiger partial charge in [0.15, 0.2) is 0 Å².